The number of carbonyl (C=O) groups is 1. The van der Waals surface area contributed by atoms with Gasteiger partial charge in [0.2, 0.25) is 5.91 Å². The minimum absolute atomic E-state index is 0. The molecular formula is C23H38IN7O. The van der Waals surface area contributed by atoms with Crippen LogP contribution in [0.2, 0.25) is 0 Å². The maximum Gasteiger partial charge on any atom is 0.220 e. The van der Waals surface area contributed by atoms with E-state index in [0.29, 0.717) is 12.6 Å². The van der Waals surface area contributed by atoms with Gasteiger partial charge in [-0.15, -0.1) is 24.0 Å². The van der Waals surface area contributed by atoms with Crippen LogP contribution in [0.15, 0.2) is 23.3 Å². The normalized spacial score (nSPS) is 23.2. The van der Waals surface area contributed by atoms with Crippen molar-refractivity contribution in [3.05, 3.63) is 23.9 Å². The van der Waals surface area contributed by atoms with Crippen molar-refractivity contribution in [3.8, 4) is 0 Å². The summed E-state index contributed by atoms with van der Waals surface area (Å²) >= 11 is 0. The lowest BCUT2D eigenvalue weighted by atomic mass is 9.96. The predicted molar refractivity (Wildman–Crippen MR) is 139 cm³/mol. The molecule has 2 saturated heterocycles. The van der Waals surface area contributed by atoms with E-state index in [4.69, 9.17) is 5.73 Å². The number of likely N-dealkylation sites (tertiary alicyclic amines) is 1. The third-order valence-corrected chi connectivity index (χ3v) is 7.14. The molecule has 9 heteroatoms. The summed E-state index contributed by atoms with van der Waals surface area (Å²) in [5.41, 5.74) is 6.62. The average molecular weight is 556 g/mol. The molecule has 4 N–H and O–H groups in total. The van der Waals surface area contributed by atoms with Crippen molar-refractivity contribution in [1.82, 2.24) is 20.5 Å². The first-order valence-electron chi connectivity index (χ1n) is 11.8. The molecule has 178 valence electrons. The number of halogens is 1. The van der Waals surface area contributed by atoms with Crippen LogP contribution >= 0.6 is 24.0 Å². The van der Waals surface area contributed by atoms with Crippen LogP contribution in [0.3, 0.4) is 0 Å². The van der Waals surface area contributed by atoms with Crippen molar-refractivity contribution < 1.29 is 4.79 Å². The van der Waals surface area contributed by atoms with Gasteiger partial charge < -0.3 is 21.3 Å². The smallest absolute Gasteiger partial charge is 0.220 e. The summed E-state index contributed by atoms with van der Waals surface area (Å²) in [5.74, 6) is 1.64. The molecule has 8 nitrogen and oxygen atoms in total. The van der Waals surface area contributed by atoms with Gasteiger partial charge in [-0.1, -0.05) is 18.9 Å². The highest BCUT2D eigenvalue weighted by atomic mass is 127. The Hall–Kier alpha value is -1.62. The highest BCUT2D eigenvalue weighted by molar-refractivity contribution is 14.0. The van der Waals surface area contributed by atoms with Crippen LogP contribution in [0.1, 0.15) is 50.5 Å². The Morgan fingerprint density at radius 2 is 1.94 bits per heavy atom. The quantitative estimate of drug-likeness (QED) is 0.283. The molecule has 3 fully saturated rings. The zero-order valence-electron chi connectivity index (χ0n) is 19.1. The summed E-state index contributed by atoms with van der Waals surface area (Å²) in [6.07, 6.45) is 10.1. The molecule has 4 rings (SSSR count). The fourth-order valence-electron chi connectivity index (χ4n) is 5.30. The molecule has 0 radical (unpaired) electrons. The highest BCUT2D eigenvalue weighted by Gasteiger charge is 2.30. The predicted octanol–water partition coefficient (Wildman–Crippen LogP) is 2.08. The number of nitrogens with zero attached hydrogens (tertiary/aromatic N) is 4. The van der Waals surface area contributed by atoms with E-state index in [-0.39, 0.29) is 35.8 Å². The second kappa shape index (κ2) is 12.0. The number of nitrogens with two attached hydrogens (primary N) is 1. The van der Waals surface area contributed by atoms with E-state index in [2.05, 4.69) is 36.5 Å². The molecule has 32 heavy (non-hydrogen) atoms. The van der Waals surface area contributed by atoms with E-state index >= 15 is 0 Å². The zero-order chi connectivity index (χ0) is 21.6. The number of primary amides is 1. The van der Waals surface area contributed by atoms with Gasteiger partial charge in [0.1, 0.15) is 5.82 Å². The van der Waals surface area contributed by atoms with E-state index in [1.54, 1.807) is 0 Å². The second-order valence-electron chi connectivity index (χ2n) is 9.14. The molecule has 3 aliphatic rings. The van der Waals surface area contributed by atoms with Crippen molar-refractivity contribution >= 4 is 41.7 Å². The van der Waals surface area contributed by atoms with Gasteiger partial charge in [0.25, 0.3) is 0 Å². The SMILES string of the molecule is CN=C(NCc1cccnc1N1CCC(C(N)=O)CC1)NC1CCN(C2CCCC2)C1.I. The minimum Gasteiger partial charge on any atom is -0.369 e. The zero-order valence-corrected chi connectivity index (χ0v) is 21.5. The number of hydrogen-bond acceptors (Lipinski definition) is 5. The maximum absolute atomic E-state index is 11.5. The first-order chi connectivity index (χ1) is 15.1. The largest absolute Gasteiger partial charge is 0.369 e. The molecule has 1 saturated carbocycles. The van der Waals surface area contributed by atoms with Gasteiger partial charge in [0, 0.05) is 69.5 Å². The van der Waals surface area contributed by atoms with Gasteiger partial charge in [-0.2, -0.15) is 0 Å². The Kier molecular flexibility index (Phi) is 9.39. The van der Waals surface area contributed by atoms with Crippen LogP contribution in [0, 0.1) is 5.92 Å². The molecule has 3 heterocycles. The maximum atomic E-state index is 11.5. The lowest BCUT2D eigenvalue weighted by molar-refractivity contribution is -0.122. The van der Waals surface area contributed by atoms with E-state index in [1.807, 2.05) is 19.3 Å². The molecule has 1 aromatic rings. The number of anilines is 1. The number of hydrogen-bond donors (Lipinski definition) is 3. The summed E-state index contributed by atoms with van der Waals surface area (Å²) in [5, 5.41) is 7.10. The van der Waals surface area contributed by atoms with E-state index < -0.39 is 0 Å². The molecule has 1 atom stereocenters. The number of pyridine rings is 1. The van der Waals surface area contributed by atoms with Gasteiger partial charge in [-0.25, -0.2) is 4.98 Å². The van der Waals surface area contributed by atoms with Crippen LogP contribution in [-0.4, -0.2) is 67.1 Å². The topological polar surface area (TPSA) is 98.9 Å². The monoisotopic (exact) mass is 555 g/mol. The van der Waals surface area contributed by atoms with Crippen molar-refractivity contribution in [2.75, 3.05) is 38.1 Å². The van der Waals surface area contributed by atoms with Crippen LogP contribution in [0.5, 0.6) is 0 Å². The Balaban J connectivity index is 0.00000289. The number of carbonyl (C=O) groups excluding carboxylic acids is 1. The summed E-state index contributed by atoms with van der Waals surface area (Å²) in [6.45, 7) is 4.58. The fraction of sp³-hybridized carbons (Fsp3) is 0.696. The lowest BCUT2D eigenvalue weighted by Crippen LogP contribution is -2.45. The molecule has 1 unspecified atom stereocenters. The number of amides is 1. The molecule has 1 aliphatic carbocycles. The Morgan fingerprint density at radius 1 is 1.19 bits per heavy atom. The fourth-order valence-corrected chi connectivity index (χ4v) is 5.30. The number of aliphatic imine (C=N–C) groups is 1. The molecule has 0 aromatic carbocycles. The van der Waals surface area contributed by atoms with E-state index in [0.717, 1.165) is 55.9 Å². The van der Waals surface area contributed by atoms with E-state index in [1.165, 1.54) is 38.6 Å². The van der Waals surface area contributed by atoms with Gasteiger partial charge in [-0.05, 0) is 38.2 Å². The minimum atomic E-state index is -0.184. The third-order valence-electron chi connectivity index (χ3n) is 7.14. The summed E-state index contributed by atoms with van der Waals surface area (Å²) in [6, 6.07) is 5.33. The van der Waals surface area contributed by atoms with Crippen molar-refractivity contribution in [2.24, 2.45) is 16.6 Å². The van der Waals surface area contributed by atoms with Gasteiger partial charge in [-0.3, -0.25) is 14.7 Å². The number of nitrogens with one attached hydrogen (secondary N) is 2. The van der Waals surface area contributed by atoms with Gasteiger partial charge in [0.15, 0.2) is 5.96 Å². The number of aromatic nitrogens is 1. The number of guanidine groups is 1. The van der Waals surface area contributed by atoms with Crippen molar-refractivity contribution in [3.63, 3.8) is 0 Å². The summed E-state index contributed by atoms with van der Waals surface area (Å²) < 4.78 is 0. The molecule has 0 bridgehead atoms. The summed E-state index contributed by atoms with van der Waals surface area (Å²) in [7, 11) is 1.83. The standard InChI is InChI=1S/C23H37N7O.HI/c1-25-23(28-19-10-14-30(16-19)20-6-2-3-7-20)27-15-18-5-4-11-26-22(18)29-12-8-17(9-13-29)21(24)31;/h4-5,11,17,19-20H,2-3,6-10,12-16H2,1H3,(H2,24,31)(H2,25,27,28);1H. The first-order valence-corrected chi connectivity index (χ1v) is 11.8. The highest BCUT2D eigenvalue weighted by Crippen LogP contribution is 2.27. The number of rotatable bonds is 6. The molecule has 2 aliphatic heterocycles. The van der Waals surface area contributed by atoms with Crippen LogP contribution in [0.4, 0.5) is 5.82 Å². The third kappa shape index (κ3) is 6.24. The number of piperidine rings is 1. The van der Waals surface area contributed by atoms with Crippen LogP contribution < -0.4 is 21.3 Å². The van der Waals surface area contributed by atoms with Crippen molar-refractivity contribution in [1.29, 1.82) is 0 Å². The Bertz CT molecular complexity index is 775. The molecule has 1 amide bonds. The Labute approximate surface area is 208 Å². The van der Waals surface area contributed by atoms with E-state index in [9.17, 15) is 4.79 Å². The summed E-state index contributed by atoms with van der Waals surface area (Å²) in [4.78, 5) is 25.5. The molecule has 1 aromatic heterocycles. The molecule has 0 spiro atoms. The van der Waals surface area contributed by atoms with Crippen molar-refractivity contribution in [2.45, 2.75) is 63.6 Å². The average Bonchev–Trinajstić information content (AvgIpc) is 3.49. The first kappa shape index (κ1) is 25.0. The second-order valence-corrected chi connectivity index (χ2v) is 9.14. The van der Waals surface area contributed by atoms with Gasteiger partial charge >= 0.3 is 0 Å². The Morgan fingerprint density at radius 3 is 2.62 bits per heavy atom. The lowest BCUT2D eigenvalue weighted by Gasteiger charge is -2.32. The molecular weight excluding hydrogens is 517 g/mol. The van der Waals surface area contributed by atoms with Crippen LogP contribution in [-0.2, 0) is 11.3 Å². The van der Waals surface area contributed by atoms with Gasteiger partial charge in [0.05, 0.1) is 0 Å². The van der Waals surface area contributed by atoms with Crippen LogP contribution in [0.25, 0.3) is 0 Å².